The molecule has 1 N–H and O–H groups in total. The molecule has 104 valence electrons. The lowest BCUT2D eigenvalue weighted by Gasteiger charge is -2.40. The van der Waals surface area contributed by atoms with Gasteiger partial charge in [0.25, 0.3) is 0 Å². The number of aromatic amines is 1. The number of ether oxygens (including phenoxy) is 1. The first-order valence-electron chi connectivity index (χ1n) is 7.41. The molecule has 3 nitrogen and oxygen atoms in total. The molecule has 20 heavy (non-hydrogen) atoms. The summed E-state index contributed by atoms with van der Waals surface area (Å²) < 4.78 is 5.22. The molecule has 3 heterocycles. The molecule has 3 heteroatoms. The molecule has 1 saturated heterocycles. The van der Waals surface area contributed by atoms with E-state index >= 15 is 0 Å². The summed E-state index contributed by atoms with van der Waals surface area (Å²) in [6.45, 7) is 2.33. The van der Waals surface area contributed by atoms with Crippen molar-refractivity contribution >= 4 is 10.9 Å². The summed E-state index contributed by atoms with van der Waals surface area (Å²) in [7, 11) is 1.74. The van der Waals surface area contributed by atoms with E-state index in [0.29, 0.717) is 6.04 Å². The second-order valence-electron chi connectivity index (χ2n) is 5.83. The SMILES string of the molecule is COC=C1CCN2CCc3c([nH]c4ccccc34)C2C1. The molecule has 1 fully saturated rings. The van der Waals surface area contributed by atoms with Gasteiger partial charge in [-0.15, -0.1) is 0 Å². The van der Waals surface area contributed by atoms with E-state index in [4.69, 9.17) is 4.74 Å². The summed E-state index contributed by atoms with van der Waals surface area (Å²) in [5.41, 5.74) is 5.67. The van der Waals surface area contributed by atoms with E-state index in [1.54, 1.807) is 7.11 Å². The van der Waals surface area contributed by atoms with Gasteiger partial charge in [-0.1, -0.05) is 18.2 Å². The molecule has 0 amide bonds. The fraction of sp³-hybridized carbons (Fsp3) is 0.412. The molecule has 0 aliphatic carbocycles. The van der Waals surface area contributed by atoms with Crippen molar-refractivity contribution in [2.24, 2.45) is 0 Å². The number of para-hydroxylation sites is 1. The van der Waals surface area contributed by atoms with Crippen molar-refractivity contribution in [2.45, 2.75) is 25.3 Å². The standard InChI is InChI=1S/C17H20N2O/c1-20-11-12-6-8-19-9-7-14-13-4-2-3-5-15(13)18-17(14)16(19)10-12/h2-5,11,16,18H,6-10H2,1H3. The third kappa shape index (κ3) is 1.77. The van der Waals surface area contributed by atoms with Crippen LogP contribution in [0, 0.1) is 0 Å². The predicted octanol–water partition coefficient (Wildman–Crippen LogP) is 3.39. The summed E-state index contributed by atoms with van der Waals surface area (Å²) in [6.07, 6.45) is 5.33. The average molecular weight is 268 g/mol. The molecule has 1 aromatic heterocycles. The van der Waals surface area contributed by atoms with Crippen LogP contribution in [0.3, 0.4) is 0 Å². The number of benzene rings is 1. The van der Waals surface area contributed by atoms with Crippen LogP contribution < -0.4 is 0 Å². The number of piperidine rings is 1. The molecular formula is C17H20N2O. The van der Waals surface area contributed by atoms with Crippen molar-refractivity contribution in [3.05, 3.63) is 47.4 Å². The molecule has 0 saturated carbocycles. The zero-order valence-corrected chi connectivity index (χ0v) is 11.9. The summed E-state index contributed by atoms with van der Waals surface area (Å²) in [5, 5.41) is 1.41. The highest BCUT2D eigenvalue weighted by Crippen LogP contribution is 2.40. The third-order valence-corrected chi connectivity index (χ3v) is 4.73. The molecule has 0 radical (unpaired) electrons. The van der Waals surface area contributed by atoms with Gasteiger partial charge in [0, 0.05) is 29.7 Å². The van der Waals surface area contributed by atoms with Crippen LogP contribution >= 0.6 is 0 Å². The fourth-order valence-corrected chi connectivity index (χ4v) is 3.78. The molecule has 1 atom stereocenters. The Kier molecular flexibility index (Phi) is 2.81. The highest BCUT2D eigenvalue weighted by Gasteiger charge is 2.33. The van der Waals surface area contributed by atoms with Gasteiger partial charge in [-0.25, -0.2) is 0 Å². The van der Waals surface area contributed by atoms with E-state index in [2.05, 4.69) is 34.1 Å². The van der Waals surface area contributed by atoms with Crippen LogP contribution in [-0.2, 0) is 11.2 Å². The molecule has 0 spiro atoms. The normalized spacial score (nSPS) is 24.6. The number of fused-ring (bicyclic) bond motifs is 5. The van der Waals surface area contributed by atoms with Gasteiger partial charge < -0.3 is 9.72 Å². The first-order chi connectivity index (χ1) is 9.86. The Labute approximate surface area is 119 Å². The fourth-order valence-electron chi connectivity index (χ4n) is 3.78. The Bertz CT molecular complexity index is 671. The number of hydrogen-bond acceptors (Lipinski definition) is 2. The highest BCUT2D eigenvalue weighted by molar-refractivity contribution is 5.85. The van der Waals surface area contributed by atoms with Gasteiger partial charge in [0.15, 0.2) is 0 Å². The summed E-state index contributed by atoms with van der Waals surface area (Å²) in [4.78, 5) is 6.28. The van der Waals surface area contributed by atoms with Gasteiger partial charge in [0.1, 0.15) is 0 Å². The molecule has 4 rings (SSSR count). The second kappa shape index (κ2) is 4.67. The molecule has 2 aliphatic heterocycles. The Morgan fingerprint density at radius 3 is 3.00 bits per heavy atom. The number of nitrogens with zero attached hydrogens (tertiary/aromatic N) is 1. The largest absolute Gasteiger partial charge is 0.504 e. The zero-order valence-electron chi connectivity index (χ0n) is 11.9. The van der Waals surface area contributed by atoms with Gasteiger partial charge in [0.2, 0.25) is 0 Å². The number of nitrogens with one attached hydrogen (secondary N) is 1. The summed E-state index contributed by atoms with van der Waals surface area (Å²) in [5.74, 6) is 0. The van der Waals surface area contributed by atoms with Crippen LogP contribution in [0.5, 0.6) is 0 Å². The van der Waals surface area contributed by atoms with Crippen LogP contribution in [0.25, 0.3) is 10.9 Å². The zero-order chi connectivity index (χ0) is 13.5. The van der Waals surface area contributed by atoms with Gasteiger partial charge in [-0.05, 0) is 36.5 Å². The number of methoxy groups -OCH3 is 1. The van der Waals surface area contributed by atoms with E-state index < -0.39 is 0 Å². The number of aromatic nitrogens is 1. The lowest BCUT2D eigenvalue weighted by molar-refractivity contribution is 0.157. The molecule has 1 aromatic carbocycles. The minimum atomic E-state index is 0.501. The summed E-state index contributed by atoms with van der Waals surface area (Å²) in [6, 6.07) is 9.18. The van der Waals surface area contributed by atoms with Crippen molar-refractivity contribution in [3.8, 4) is 0 Å². The van der Waals surface area contributed by atoms with Crippen LogP contribution in [0.15, 0.2) is 36.1 Å². The quantitative estimate of drug-likeness (QED) is 0.803. The maximum atomic E-state index is 5.22. The van der Waals surface area contributed by atoms with E-state index in [-0.39, 0.29) is 0 Å². The monoisotopic (exact) mass is 268 g/mol. The maximum absolute atomic E-state index is 5.22. The van der Waals surface area contributed by atoms with E-state index in [0.717, 1.165) is 19.4 Å². The number of rotatable bonds is 1. The maximum Gasteiger partial charge on any atom is 0.0817 e. The van der Waals surface area contributed by atoms with Crippen LogP contribution in [0.4, 0.5) is 0 Å². The van der Waals surface area contributed by atoms with E-state index in [9.17, 15) is 0 Å². The van der Waals surface area contributed by atoms with Crippen molar-refractivity contribution in [3.63, 3.8) is 0 Å². The third-order valence-electron chi connectivity index (χ3n) is 4.73. The Morgan fingerprint density at radius 1 is 1.25 bits per heavy atom. The molecular weight excluding hydrogens is 248 g/mol. The van der Waals surface area contributed by atoms with E-state index in [1.165, 1.54) is 40.7 Å². The van der Waals surface area contributed by atoms with Gasteiger partial charge in [0.05, 0.1) is 19.4 Å². The topological polar surface area (TPSA) is 28.3 Å². The van der Waals surface area contributed by atoms with Crippen molar-refractivity contribution in [1.82, 2.24) is 9.88 Å². The summed E-state index contributed by atoms with van der Waals surface area (Å²) >= 11 is 0. The van der Waals surface area contributed by atoms with Crippen LogP contribution in [0.2, 0.25) is 0 Å². The van der Waals surface area contributed by atoms with Crippen molar-refractivity contribution < 1.29 is 4.74 Å². The van der Waals surface area contributed by atoms with Gasteiger partial charge >= 0.3 is 0 Å². The first-order valence-corrected chi connectivity index (χ1v) is 7.41. The van der Waals surface area contributed by atoms with Crippen LogP contribution in [0.1, 0.15) is 30.1 Å². The Balaban J connectivity index is 1.78. The molecule has 1 unspecified atom stereocenters. The van der Waals surface area contributed by atoms with E-state index in [1.807, 2.05) is 6.26 Å². The first kappa shape index (κ1) is 12.0. The molecule has 0 bridgehead atoms. The second-order valence-corrected chi connectivity index (χ2v) is 5.83. The number of hydrogen-bond donors (Lipinski definition) is 1. The minimum absolute atomic E-state index is 0.501. The van der Waals surface area contributed by atoms with Crippen molar-refractivity contribution in [1.29, 1.82) is 0 Å². The van der Waals surface area contributed by atoms with Gasteiger partial charge in [-0.3, -0.25) is 4.90 Å². The van der Waals surface area contributed by atoms with Gasteiger partial charge in [-0.2, -0.15) is 0 Å². The van der Waals surface area contributed by atoms with Crippen molar-refractivity contribution in [2.75, 3.05) is 20.2 Å². The van der Waals surface area contributed by atoms with Crippen LogP contribution in [-0.4, -0.2) is 30.1 Å². The average Bonchev–Trinajstić information content (AvgIpc) is 2.87. The lowest BCUT2D eigenvalue weighted by atomic mass is 9.89. The molecule has 2 aliphatic rings. The Morgan fingerprint density at radius 2 is 2.10 bits per heavy atom. The highest BCUT2D eigenvalue weighted by atomic mass is 16.5. The minimum Gasteiger partial charge on any atom is -0.504 e. The Hall–Kier alpha value is -1.74. The molecule has 2 aromatic rings. The predicted molar refractivity (Wildman–Crippen MR) is 80.6 cm³/mol. The lowest BCUT2D eigenvalue weighted by Crippen LogP contribution is -2.39. The number of H-pyrrole nitrogens is 1. The smallest absolute Gasteiger partial charge is 0.0817 e.